The van der Waals surface area contributed by atoms with Gasteiger partial charge in [-0.3, -0.25) is 0 Å². The van der Waals surface area contributed by atoms with E-state index in [4.69, 9.17) is 5.73 Å². The third-order valence-corrected chi connectivity index (χ3v) is 2.43. The van der Waals surface area contributed by atoms with Crippen LogP contribution in [-0.4, -0.2) is 9.97 Å². The largest absolute Gasteiger partial charge is 0.343 e. The van der Waals surface area contributed by atoms with Gasteiger partial charge in [0.2, 0.25) is 0 Å². The molecule has 0 saturated heterocycles. The summed E-state index contributed by atoms with van der Waals surface area (Å²) in [4.78, 5) is 7.63. The molecule has 0 amide bonds. The van der Waals surface area contributed by atoms with Gasteiger partial charge in [0.25, 0.3) is 0 Å². The Balaban J connectivity index is 2.73. The van der Waals surface area contributed by atoms with Crippen molar-refractivity contribution >= 4 is 11.0 Å². The van der Waals surface area contributed by atoms with E-state index in [2.05, 4.69) is 29.9 Å². The van der Waals surface area contributed by atoms with E-state index in [1.807, 2.05) is 6.07 Å². The number of nitrogens with one attached hydrogen (secondary N) is 1. The Morgan fingerprint density at radius 3 is 2.85 bits per heavy atom. The summed E-state index contributed by atoms with van der Waals surface area (Å²) >= 11 is 0. The van der Waals surface area contributed by atoms with Crippen LogP contribution in [0.1, 0.15) is 17.0 Å². The molecule has 0 spiro atoms. The topological polar surface area (TPSA) is 54.7 Å². The molecule has 0 fully saturated rings. The molecule has 2 heterocycles. The van der Waals surface area contributed by atoms with Gasteiger partial charge in [-0.25, -0.2) is 4.98 Å². The van der Waals surface area contributed by atoms with Crippen molar-refractivity contribution in [3.05, 3.63) is 29.1 Å². The van der Waals surface area contributed by atoms with E-state index in [1.54, 1.807) is 0 Å². The molecule has 3 heteroatoms. The molecule has 3 nitrogen and oxygen atoms in total. The first-order valence-corrected chi connectivity index (χ1v) is 4.37. The van der Waals surface area contributed by atoms with Crippen LogP contribution in [0.2, 0.25) is 0 Å². The molecule has 2 rings (SSSR count). The zero-order valence-corrected chi connectivity index (χ0v) is 7.89. The summed E-state index contributed by atoms with van der Waals surface area (Å²) in [5.74, 6) is 0. The van der Waals surface area contributed by atoms with Gasteiger partial charge in [0.15, 0.2) is 0 Å². The fraction of sp³-hybridized carbons (Fsp3) is 0.300. The normalized spacial score (nSPS) is 11.0. The zero-order valence-electron chi connectivity index (χ0n) is 7.89. The van der Waals surface area contributed by atoms with Gasteiger partial charge in [-0.2, -0.15) is 0 Å². The smallest absolute Gasteiger partial charge is 0.138 e. The van der Waals surface area contributed by atoms with Crippen molar-refractivity contribution in [1.82, 2.24) is 9.97 Å². The minimum atomic E-state index is 0.493. The molecular weight excluding hydrogens is 162 g/mol. The first kappa shape index (κ1) is 8.26. The summed E-state index contributed by atoms with van der Waals surface area (Å²) in [6, 6.07) is 4.05. The molecular formula is C10H13N3. The molecule has 68 valence electrons. The SMILES string of the molecule is Cc1[nH]c2nc(CN)ccc2c1C. The molecule has 0 atom stereocenters. The van der Waals surface area contributed by atoms with Crippen LogP contribution in [0, 0.1) is 13.8 Å². The lowest BCUT2D eigenvalue weighted by molar-refractivity contribution is 1.00. The number of hydrogen-bond donors (Lipinski definition) is 2. The molecule has 0 radical (unpaired) electrons. The number of aromatic nitrogens is 2. The van der Waals surface area contributed by atoms with Gasteiger partial charge < -0.3 is 10.7 Å². The number of nitrogens with zero attached hydrogens (tertiary/aromatic N) is 1. The first-order chi connectivity index (χ1) is 6.22. The lowest BCUT2D eigenvalue weighted by Gasteiger charge is -1.95. The van der Waals surface area contributed by atoms with Gasteiger partial charge >= 0.3 is 0 Å². The molecule has 0 bridgehead atoms. The summed E-state index contributed by atoms with van der Waals surface area (Å²) in [5, 5.41) is 1.19. The Labute approximate surface area is 77.0 Å². The molecule has 0 saturated carbocycles. The molecule has 3 N–H and O–H groups in total. The predicted molar refractivity (Wildman–Crippen MR) is 53.5 cm³/mol. The molecule has 0 unspecified atom stereocenters. The summed E-state index contributed by atoms with van der Waals surface area (Å²) in [6.45, 7) is 4.64. The van der Waals surface area contributed by atoms with Crippen LogP contribution in [0.3, 0.4) is 0 Å². The van der Waals surface area contributed by atoms with Crippen LogP contribution in [0.15, 0.2) is 12.1 Å². The van der Waals surface area contributed by atoms with Gasteiger partial charge in [-0.05, 0) is 31.5 Å². The first-order valence-electron chi connectivity index (χ1n) is 4.37. The second-order valence-electron chi connectivity index (χ2n) is 3.28. The second kappa shape index (κ2) is 2.85. The number of H-pyrrole nitrogens is 1. The van der Waals surface area contributed by atoms with E-state index in [0.717, 1.165) is 11.3 Å². The van der Waals surface area contributed by atoms with Crippen molar-refractivity contribution in [3.8, 4) is 0 Å². The minimum absolute atomic E-state index is 0.493. The molecule has 0 aliphatic heterocycles. The van der Waals surface area contributed by atoms with Crippen molar-refractivity contribution in [1.29, 1.82) is 0 Å². The van der Waals surface area contributed by atoms with Crippen LogP contribution in [-0.2, 0) is 6.54 Å². The maximum Gasteiger partial charge on any atom is 0.138 e. The van der Waals surface area contributed by atoms with Gasteiger partial charge in [0, 0.05) is 17.6 Å². The third kappa shape index (κ3) is 1.21. The van der Waals surface area contributed by atoms with Gasteiger partial charge in [-0.15, -0.1) is 0 Å². The highest BCUT2D eigenvalue weighted by Crippen LogP contribution is 2.19. The third-order valence-electron chi connectivity index (χ3n) is 2.43. The summed E-state index contributed by atoms with van der Waals surface area (Å²) in [7, 11) is 0. The number of nitrogens with two attached hydrogens (primary N) is 1. The number of aryl methyl sites for hydroxylation is 2. The average Bonchev–Trinajstić information content (AvgIpc) is 2.42. The van der Waals surface area contributed by atoms with E-state index >= 15 is 0 Å². The monoisotopic (exact) mass is 175 g/mol. The number of rotatable bonds is 1. The minimum Gasteiger partial charge on any atom is -0.343 e. The number of aromatic amines is 1. The highest BCUT2D eigenvalue weighted by atomic mass is 14.9. The summed E-state index contributed by atoms with van der Waals surface area (Å²) in [6.07, 6.45) is 0. The predicted octanol–water partition coefficient (Wildman–Crippen LogP) is 1.64. The maximum atomic E-state index is 5.51. The number of pyridine rings is 1. The van der Waals surface area contributed by atoms with E-state index in [1.165, 1.54) is 16.6 Å². The van der Waals surface area contributed by atoms with Crippen LogP contribution in [0.4, 0.5) is 0 Å². The lowest BCUT2D eigenvalue weighted by Crippen LogP contribution is -1.98. The van der Waals surface area contributed by atoms with E-state index in [0.29, 0.717) is 6.54 Å². The van der Waals surface area contributed by atoms with Crippen molar-refractivity contribution in [2.24, 2.45) is 5.73 Å². The fourth-order valence-electron chi connectivity index (χ4n) is 1.48. The van der Waals surface area contributed by atoms with Crippen LogP contribution < -0.4 is 5.73 Å². The standard InChI is InChI=1S/C10H13N3/c1-6-7(2)12-10-9(6)4-3-8(5-11)13-10/h3-4H,5,11H2,1-2H3,(H,12,13). The van der Waals surface area contributed by atoms with Crippen LogP contribution >= 0.6 is 0 Å². The zero-order chi connectivity index (χ0) is 9.42. The maximum absolute atomic E-state index is 5.51. The van der Waals surface area contributed by atoms with Crippen molar-refractivity contribution in [2.45, 2.75) is 20.4 Å². The molecule has 0 aromatic carbocycles. The van der Waals surface area contributed by atoms with Crippen LogP contribution in [0.5, 0.6) is 0 Å². The van der Waals surface area contributed by atoms with Gasteiger partial charge in [-0.1, -0.05) is 0 Å². The molecule has 0 aliphatic rings. The molecule has 0 aliphatic carbocycles. The van der Waals surface area contributed by atoms with Crippen molar-refractivity contribution in [3.63, 3.8) is 0 Å². The molecule has 13 heavy (non-hydrogen) atoms. The van der Waals surface area contributed by atoms with E-state index in [-0.39, 0.29) is 0 Å². The Kier molecular flexibility index (Phi) is 1.81. The lowest BCUT2D eigenvalue weighted by atomic mass is 10.2. The Bertz CT molecular complexity index is 443. The van der Waals surface area contributed by atoms with Crippen molar-refractivity contribution in [2.75, 3.05) is 0 Å². The molecule has 2 aromatic heterocycles. The van der Waals surface area contributed by atoms with Gasteiger partial charge in [0.05, 0.1) is 5.69 Å². The quantitative estimate of drug-likeness (QED) is 0.692. The fourth-order valence-corrected chi connectivity index (χ4v) is 1.48. The molecule has 2 aromatic rings. The van der Waals surface area contributed by atoms with Gasteiger partial charge in [0.1, 0.15) is 5.65 Å². The summed E-state index contributed by atoms with van der Waals surface area (Å²) in [5.41, 5.74) is 9.82. The number of fused-ring (bicyclic) bond motifs is 1. The Morgan fingerprint density at radius 1 is 1.38 bits per heavy atom. The Hall–Kier alpha value is -1.35. The van der Waals surface area contributed by atoms with Crippen molar-refractivity contribution < 1.29 is 0 Å². The summed E-state index contributed by atoms with van der Waals surface area (Å²) < 4.78 is 0. The highest BCUT2D eigenvalue weighted by Gasteiger charge is 2.04. The number of hydrogen-bond acceptors (Lipinski definition) is 2. The van der Waals surface area contributed by atoms with Crippen LogP contribution in [0.25, 0.3) is 11.0 Å². The second-order valence-corrected chi connectivity index (χ2v) is 3.28. The van der Waals surface area contributed by atoms with E-state index < -0.39 is 0 Å². The average molecular weight is 175 g/mol. The Morgan fingerprint density at radius 2 is 2.15 bits per heavy atom. The highest BCUT2D eigenvalue weighted by molar-refractivity contribution is 5.81. The van der Waals surface area contributed by atoms with E-state index in [9.17, 15) is 0 Å².